The second-order valence-electron chi connectivity index (χ2n) is 4.98. The average Bonchev–Trinajstić information content (AvgIpc) is 2.29. The summed E-state index contributed by atoms with van der Waals surface area (Å²) in [6.07, 6.45) is 0. The molecule has 0 amide bonds. The molecule has 1 unspecified atom stereocenters. The lowest BCUT2D eigenvalue weighted by molar-refractivity contribution is 0.0931. The molecule has 1 aliphatic rings. The minimum Gasteiger partial charge on any atom is -0.506 e. The van der Waals surface area contributed by atoms with Crippen LogP contribution in [0.1, 0.15) is 12.5 Å². The molecule has 0 spiro atoms. The first-order valence-corrected chi connectivity index (χ1v) is 6.82. The van der Waals surface area contributed by atoms with Crippen LogP contribution in [0.15, 0.2) is 12.1 Å². The number of benzene rings is 1. The normalized spacial score (nSPS) is 22.3. The first-order chi connectivity index (χ1) is 8.47. The van der Waals surface area contributed by atoms with Crippen LogP contribution in [0, 0.1) is 0 Å². The second kappa shape index (κ2) is 5.66. The maximum absolute atomic E-state index is 9.96. The van der Waals surface area contributed by atoms with E-state index >= 15 is 0 Å². The van der Waals surface area contributed by atoms with E-state index in [2.05, 4.69) is 23.8 Å². The first kappa shape index (κ1) is 13.9. The van der Waals surface area contributed by atoms with Gasteiger partial charge in [-0.2, -0.15) is 0 Å². The van der Waals surface area contributed by atoms with Gasteiger partial charge >= 0.3 is 0 Å². The van der Waals surface area contributed by atoms with Crippen LogP contribution in [0.25, 0.3) is 0 Å². The highest BCUT2D eigenvalue weighted by Gasteiger charge is 2.22. The van der Waals surface area contributed by atoms with Gasteiger partial charge in [0, 0.05) is 42.8 Å². The number of likely N-dealkylation sites (N-methyl/N-ethyl adjacent to an activating group) is 1. The Morgan fingerprint density at radius 1 is 1.33 bits per heavy atom. The van der Waals surface area contributed by atoms with Crippen LogP contribution in [0.3, 0.4) is 0 Å². The topological polar surface area (TPSA) is 26.7 Å². The highest BCUT2D eigenvalue weighted by Crippen LogP contribution is 2.32. The van der Waals surface area contributed by atoms with Crippen molar-refractivity contribution in [2.24, 2.45) is 0 Å². The van der Waals surface area contributed by atoms with Crippen molar-refractivity contribution in [2.75, 3.05) is 26.7 Å². The third-order valence-corrected chi connectivity index (χ3v) is 3.96. The van der Waals surface area contributed by atoms with Gasteiger partial charge in [-0.25, -0.2) is 0 Å². The number of phenolic OH excluding ortho intramolecular Hbond substituents is 1. The van der Waals surface area contributed by atoms with E-state index in [9.17, 15) is 5.11 Å². The zero-order valence-corrected chi connectivity index (χ0v) is 12.2. The molecule has 1 atom stereocenters. The molecule has 0 aromatic heterocycles. The van der Waals surface area contributed by atoms with Crippen molar-refractivity contribution in [2.45, 2.75) is 19.5 Å². The number of rotatable bonds is 2. The number of aromatic hydroxyl groups is 1. The van der Waals surface area contributed by atoms with Crippen LogP contribution >= 0.6 is 23.2 Å². The molecule has 100 valence electrons. The molecule has 0 aliphatic carbocycles. The van der Waals surface area contributed by atoms with Gasteiger partial charge in [-0.05, 0) is 26.1 Å². The Bertz CT molecular complexity index is 439. The van der Waals surface area contributed by atoms with E-state index in [1.54, 1.807) is 12.1 Å². The van der Waals surface area contributed by atoms with Crippen LogP contribution in [-0.2, 0) is 6.54 Å². The van der Waals surface area contributed by atoms with Gasteiger partial charge in [-0.15, -0.1) is 0 Å². The molecule has 1 heterocycles. The van der Waals surface area contributed by atoms with Gasteiger partial charge in [0.25, 0.3) is 0 Å². The Balaban J connectivity index is 2.14. The van der Waals surface area contributed by atoms with Crippen molar-refractivity contribution in [1.82, 2.24) is 9.80 Å². The van der Waals surface area contributed by atoms with Gasteiger partial charge in [0.05, 0.1) is 5.02 Å². The Hall–Kier alpha value is -0.480. The number of hydrogen-bond acceptors (Lipinski definition) is 3. The molecule has 1 fully saturated rings. The minimum absolute atomic E-state index is 0.146. The summed E-state index contributed by atoms with van der Waals surface area (Å²) in [4.78, 5) is 4.65. The summed E-state index contributed by atoms with van der Waals surface area (Å²) in [5.41, 5.74) is 0.795. The lowest BCUT2D eigenvalue weighted by atomic mass is 10.1. The molecule has 1 saturated heterocycles. The Morgan fingerprint density at radius 2 is 2.06 bits per heavy atom. The molecule has 0 saturated carbocycles. The molecular weight excluding hydrogens is 271 g/mol. The first-order valence-electron chi connectivity index (χ1n) is 6.07. The molecular formula is C13H18Cl2N2O. The number of halogens is 2. The van der Waals surface area contributed by atoms with Gasteiger partial charge in [0.2, 0.25) is 0 Å². The van der Waals surface area contributed by atoms with Crippen LogP contribution < -0.4 is 0 Å². The molecule has 18 heavy (non-hydrogen) atoms. The van der Waals surface area contributed by atoms with Crippen LogP contribution in [0.5, 0.6) is 5.75 Å². The highest BCUT2D eigenvalue weighted by atomic mass is 35.5. The lowest BCUT2D eigenvalue weighted by Crippen LogP contribution is -2.49. The predicted octanol–water partition coefficient (Wildman–Crippen LogP) is 2.83. The number of hydrogen-bond donors (Lipinski definition) is 1. The third-order valence-electron chi connectivity index (χ3n) is 3.45. The van der Waals surface area contributed by atoms with Gasteiger partial charge in [0.15, 0.2) is 0 Å². The lowest BCUT2D eigenvalue weighted by Gasteiger charge is -2.38. The number of nitrogens with zero attached hydrogens (tertiary/aromatic N) is 2. The standard InChI is InChI=1S/C13H18Cl2N2O/c1-9-7-16(2)3-4-17(9)8-10-5-11(14)6-12(15)13(10)18/h5-6,9,18H,3-4,7-8H2,1-2H3. The summed E-state index contributed by atoms with van der Waals surface area (Å²) in [5, 5.41) is 10.8. The van der Waals surface area contributed by atoms with E-state index in [1.807, 2.05) is 0 Å². The second-order valence-corrected chi connectivity index (χ2v) is 5.82. The zero-order valence-electron chi connectivity index (χ0n) is 10.7. The van der Waals surface area contributed by atoms with E-state index in [1.165, 1.54) is 0 Å². The van der Waals surface area contributed by atoms with E-state index in [0.29, 0.717) is 22.6 Å². The monoisotopic (exact) mass is 288 g/mol. The molecule has 1 aromatic carbocycles. The van der Waals surface area contributed by atoms with E-state index in [0.717, 1.165) is 25.2 Å². The fraction of sp³-hybridized carbons (Fsp3) is 0.538. The van der Waals surface area contributed by atoms with Crippen LogP contribution in [0.4, 0.5) is 0 Å². The molecule has 0 radical (unpaired) electrons. The van der Waals surface area contributed by atoms with Crippen molar-refractivity contribution in [3.05, 3.63) is 27.7 Å². The van der Waals surface area contributed by atoms with Crippen molar-refractivity contribution in [3.63, 3.8) is 0 Å². The molecule has 1 aliphatic heterocycles. The molecule has 0 bridgehead atoms. The average molecular weight is 289 g/mol. The largest absolute Gasteiger partial charge is 0.506 e. The quantitative estimate of drug-likeness (QED) is 0.907. The zero-order chi connectivity index (χ0) is 13.3. The Kier molecular flexibility index (Phi) is 4.38. The Labute approximate surface area is 118 Å². The molecule has 1 N–H and O–H groups in total. The van der Waals surface area contributed by atoms with Crippen molar-refractivity contribution in [3.8, 4) is 5.75 Å². The molecule has 2 rings (SSSR count). The smallest absolute Gasteiger partial charge is 0.138 e. The number of piperazine rings is 1. The molecule has 1 aromatic rings. The summed E-state index contributed by atoms with van der Waals surface area (Å²) >= 11 is 11.9. The van der Waals surface area contributed by atoms with Crippen LogP contribution in [-0.4, -0.2) is 47.6 Å². The van der Waals surface area contributed by atoms with E-state index in [4.69, 9.17) is 23.2 Å². The summed E-state index contributed by atoms with van der Waals surface area (Å²) in [7, 11) is 2.13. The molecule has 5 heteroatoms. The van der Waals surface area contributed by atoms with Gasteiger partial charge in [-0.3, -0.25) is 4.90 Å². The van der Waals surface area contributed by atoms with E-state index < -0.39 is 0 Å². The van der Waals surface area contributed by atoms with Crippen molar-refractivity contribution < 1.29 is 5.11 Å². The Morgan fingerprint density at radius 3 is 2.72 bits per heavy atom. The summed E-state index contributed by atoms with van der Waals surface area (Å²) in [5.74, 6) is 0.146. The fourth-order valence-electron chi connectivity index (χ4n) is 2.37. The van der Waals surface area contributed by atoms with Gasteiger partial charge in [0.1, 0.15) is 5.75 Å². The van der Waals surface area contributed by atoms with E-state index in [-0.39, 0.29) is 5.75 Å². The van der Waals surface area contributed by atoms with Gasteiger partial charge < -0.3 is 10.0 Å². The fourth-order valence-corrected chi connectivity index (χ4v) is 2.91. The summed E-state index contributed by atoms with van der Waals surface area (Å²) < 4.78 is 0. The summed E-state index contributed by atoms with van der Waals surface area (Å²) in [6.45, 7) is 5.94. The SMILES string of the molecule is CC1CN(C)CCN1Cc1cc(Cl)cc(Cl)c1O. The summed E-state index contributed by atoms with van der Waals surface area (Å²) in [6, 6.07) is 3.81. The van der Waals surface area contributed by atoms with Crippen molar-refractivity contribution >= 4 is 23.2 Å². The minimum atomic E-state index is 0.146. The maximum Gasteiger partial charge on any atom is 0.138 e. The van der Waals surface area contributed by atoms with Gasteiger partial charge in [-0.1, -0.05) is 23.2 Å². The molecule has 3 nitrogen and oxygen atoms in total. The van der Waals surface area contributed by atoms with Crippen LogP contribution in [0.2, 0.25) is 10.0 Å². The van der Waals surface area contributed by atoms with Crippen molar-refractivity contribution in [1.29, 1.82) is 0 Å². The number of phenols is 1. The third kappa shape index (κ3) is 3.09. The maximum atomic E-state index is 9.96. The highest BCUT2D eigenvalue weighted by molar-refractivity contribution is 6.35. The predicted molar refractivity (Wildman–Crippen MR) is 75.5 cm³/mol.